The predicted molar refractivity (Wildman–Crippen MR) is 64.5 cm³/mol. The molecule has 0 saturated carbocycles. The molecule has 6 heteroatoms. The van der Waals surface area contributed by atoms with Gasteiger partial charge >= 0.3 is 0 Å². The van der Waals surface area contributed by atoms with Crippen molar-refractivity contribution >= 4 is 33.4 Å². The Morgan fingerprint density at radius 2 is 2.27 bits per heavy atom. The van der Waals surface area contributed by atoms with Crippen LogP contribution < -0.4 is 5.32 Å². The zero-order valence-corrected chi connectivity index (χ0v) is 11.4. The van der Waals surface area contributed by atoms with Gasteiger partial charge in [-0.25, -0.2) is 0 Å². The van der Waals surface area contributed by atoms with Crippen molar-refractivity contribution in [2.45, 2.75) is 26.8 Å². The van der Waals surface area contributed by atoms with Crippen LogP contribution in [0.25, 0.3) is 0 Å². The van der Waals surface area contributed by atoms with Gasteiger partial charge in [0.05, 0.1) is 5.69 Å². The molecule has 1 heterocycles. The highest BCUT2D eigenvalue weighted by molar-refractivity contribution is 9.09. The molecular weight excluding hydrogens is 278 g/mol. The Morgan fingerprint density at radius 1 is 1.60 bits per heavy atom. The van der Waals surface area contributed by atoms with Crippen molar-refractivity contribution < 1.29 is 4.79 Å². The van der Waals surface area contributed by atoms with Crippen molar-refractivity contribution in [1.82, 2.24) is 14.9 Å². The third-order valence-corrected chi connectivity index (χ3v) is 4.16. The average Bonchev–Trinajstić information content (AvgIpc) is 2.63. The zero-order chi connectivity index (χ0) is 11.4. The lowest BCUT2D eigenvalue weighted by Gasteiger charge is -2.18. The Morgan fingerprint density at radius 3 is 2.73 bits per heavy atom. The lowest BCUT2D eigenvalue weighted by Crippen LogP contribution is -2.37. The molecule has 0 spiro atoms. The first-order chi connectivity index (χ1) is 7.06. The number of carbonyl (C=O) groups is 1. The molecule has 1 N–H and O–H groups in total. The van der Waals surface area contributed by atoms with Crippen LogP contribution >= 0.6 is 27.5 Å². The van der Waals surface area contributed by atoms with Gasteiger partial charge in [0, 0.05) is 11.4 Å². The number of nitrogens with zero attached hydrogens (tertiary/aromatic N) is 2. The van der Waals surface area contributed by atoms with Crippen molar-refractivity contribution in [3.63, 3.8) is 0 Å². The fraction of sp³-hybridized carbons (Fsp3) is 0.667. The average molecular weight is 292 g/mol. The second-order valence-electron chi connectivity index (χ2n) is 3.58. The van der Waals surface area contributed by atoms with Crippen molar-refractivity contribution in [3.05, 3.63) is 10.6 Å². The van der Waals surface area contributed by atoms with E-state index in [0.29, 0.717) is 16.5 Å². The van der Waals surface area contributed by atoms with E-state index in [2.05, 4.69) is 37.8 Å². The molecule has 0 saturated heterocycles. The van der Waals surface area contributed by atoms with Crippen molar-refractivity contribution in [2.75, 3.05) is 5.33 Å². The minimum Gasteiger partial charge on any atom is -0.348 e. The first kappa shape index (κ1) is 12.6. The highest BCUT2D eigenvalue weighted by Gasteiger charge is 2.18. The highest BCUT2D eigenvalue weighted by atomic mass is 79.9. The fourth-order valence-corrected chi connectivity index (χ4v) is 2.11. The Labute approximate surface area is 102 Å². The SMILES string of the molecule is Cc1nnsc1C(=O)NC(C)C(C)CBr. The van der Waals surface area contributed by atoms with E-state index < -0.39 is 0 Å². The lowest BCUT2D eigenvalue weighted by molar-refractivity contribution is 0.0934. The maximum atomic E-state index is 11.8. The summed E-state index contributed by atoms with van der Waals surface area (Å²) in [5.74, 6) is 0.318. The van der Waals surface area contributed by atoms with Gasteiger partial charge in [0.1, 0.15) is 4.88 Å². The van der Waals surface area contributed by atoms with Gasteiger partial charge in [-0.3, -0.25) is 4.79 Å². The van der Waals surface area contributed by atoms with E-state index in [1.807, 2.05) is 6.92 Å². The molecule has 2 atom stereocenters. The quantitative estimate of drug-likeness (QED) is 0.864. The number of amides is 1. The van der Waals surface area contributed by atoms with Gasteiger partial charge in [0.15, 0.2) is 0 Å². The molecule has 1 aromatic rings. The van der Waals surface area contributed by atoms with E-state index in [1.165, 1.54) is 0 Å². The monoisotopic (exact) mass is 291 g/mol. The molecule has 0 bridgehead atoms. The second-order valence-corrected chi connectivity index (χ2v) is 4.98. The summed E-state index contributed by atoms with van der Waals surface area (Å²) in [5.41, 5.74) is 0.691. The minimum absolute atomic E-state index is 0.0807. The number of hydrogen-bond acceptors (Lipinski definition) is 4. The summed E-state index contributed by atoms with van der Waals surface area (Å²) < 4.78 is 3.74. The van der Waals surface area contributed by atoms with Crippen LogP contribution in [-0.2, 0) is 0 Å². The third kappa shape index (κ3) is 3.24. The van der Waals surface area contributed by atoms with Crippen LogP contribution in [0.3, 0.4) is 0 Å². The number of nitrogens with one attached hydrogen (secondary N) is 1. The van der Waals surface area contributed by atoms with Crippen LogP contribution in [0, 0.1) is 12.8 Å². The molecule has 0 aliphatic heterocycles. The molecule has 0 fully saturated rings. The number of carbonyl (C=O) groups excluding carboxylic acids is 1. The summed E-state index contributed by atoms with van der Waals surface area (Å²) in [5, 5.41) is 7.61. The van der Waals surface area contributed by atoms with Crippen molar-refractivity contribution in [2.24, 2.45) is 5.92 Å². The van der Waals surface area contributed by atoms with E-state index >= 15 is 0 Å². The van der Waals surface area contributed by atoms with Gasteiger partial charge in [-0.1, -0.05) is 27.3 Å². The van der Waals surface area contributed by atoms with Gasteiger partial charge < -0.3 is 5.32 Å². The van der Waals surface area contributed by atoms with Crippen LogP contribution in [0.5, 0.6) is 0 Å². The third-order valence-electron chi connectivity index (χ3n) is 2.31. The lowest BCUT2D eigenvalue weighted by atomic mass is 10.1. The summed E-state index contributed by atoms with van der Waals surface area (Å²) in [6, 6.07) is 0.137. The Kier molecular flexibility index (Phi) is 4.66. The topological polar surface area (TPSA) is 54.9 Å². The molecule has 4 nitrogen and oxygen atoms in total. The summed E-state index contributed by atoms with van der Waals surface area (Å²) in [6.07, 6.45) is 0. The van der Waals surface area contributed by atoms with E-state index in [9.17, 15) is 4.79 Å². The molecule has 0 radical (unpaired) electrons. The molecule has 1 aromatic heterocycles. The van der Waals surface area contributed by atoms with Gasteiger partial charge in [0.25, 0.3) is 5.91 Å². The Hall–Kier alpha value is -0.490. The number of rotatable bonds is 4. The molecule has 1 amide bonds. The molecule has 0 aromatic carbocycles. The first-order valence-corrected chi connectivity index (χ1v) is 6.61. The van der Waals surface area contributed by atoms with Gasteiger partial charge in [-0.05, 0) is 31.3 Å². The summed E-state index contributed by atoms with van der Waals surface area (Å²) in [7, 11) is 0. The highest BCUT2D eigenvalue weighted by Crippen LogP contribution is 2.11. The fourth-order valence-electron chi connectivity index (χ4n) is 0.988. The van der Waals surface area contributed by atoms with Gasteiger partial charge in [-0.15, -0.1) is 5.10 Å². The van der Waals surface area contributed by atoms with Crippen LogP contribution in [0.1, 0.15) is 29.2 Å². The molecular formula is C9H14BrN3OS. The normalized spacial score (nSPS) is 14.7. The summed E-state index contributed by atoms with van der Waals surface area (Å²) in [6.45, 7) is 5.86. The number of aromatic nitrogens is 2. The van der Waals surface area contributed by atoms with Gasteiger partial charge in [-0.2, -0.15) is 0 Å². The largest absolute Gasteiger partial charge is 0.348 e. The standard InChI is InChI=1S/C9H14BrN3OS/c1-5(4-10)6(2)11-9(14)8-7(3)12-13-15-8/h5-6H,4H2,1-3H3,(H,11,14). The summed E-state index contributed by atoms with van der Waals surface area (Å²) >= 11 is 4.53. The molecule has 2 unspecified atom stereocenters. The van der Waals surface area contributed by atoms with Crippen LogP contribution in [0.15, 0.2) is 0 Å². The summed E-state index contributed by atoms with van der Waals surface area (Å²) in [4.78, 5) is 12.4. The zero-order valence-electron chi connectivity index (χ0n) is 8.95. The maximum absolute atomic E-state index is 11.8. The van der Waals surface area contributed by atoms with Crippen LogP contribution in [0.4, 0.5) is 0 Å². The van der Waals surface area contributed by atoms with Crippen LogP contribution in [0.2, 0.25) is 0 Å². The van der Waals surface area contributed by atoms with E-state index in [1.54, 1.807) is 6.92 Å². The molecule has 0 aliphatic carbocycles. The molecule has 0 aliphatic rings. The van der Waals surface area contributed by atoms with Crippen molar-refractivity contribution in [3.8, 4) is 0 Å². The van der Waals surface area contributed by atoms with E-state index in [0.717, 1.165) is 16.9 Å². The number of hydrogen-bond donors (Lipinski definition) is 1. The molecule has 1 rings (SSSR count). The van der Waals surface area contributed by atoms with Crippen LogP contribution in [-0.4, -0.2) is 26.9 Å². The number of halogens is 1. The molecule has 84 valence electrons. The minimum atomic E-state index is -0.0807. The van der Waals surface area contributed by atoms with E-state index in [4.69, 9.17) is 0 Å². The predicted octanol–water partition coefficient (Wildman–Crippen LogP) is 2.00. The second kappa shape index (κ2) is 5.55. The first-order valence-electron chi connectivity index (χ1n) is 4.72. The maximum Gasteiger partial charge on any atom is 0.265 e. The van der Waals surface area contributed by atoms with Crippen molar-refractivity contribution in [1.29, 1.82) is 0 Å². The van der Waals surface area contributed by atoms with Gasteiger partial charge in [0.2, 0.25) is 0 Å². The number of aryl methyl sites for hydroxylation is 1. The number of alkyl halides is 1. The Bertz CT molecular complexity index is 342. The smallest absolute Gasteiger partial charge is 0.265 e. The molecule has 15 heavy (non-hydrogen) atoms. The Balaban J connectivity index is 2.60. The van der Waals surface area contributed by atoms with E-state index in [-0.39, 0.29) is 11.9 Å².